The largest absolute Gasteiger partial charge is 0.479 e. The maximum Gasteiger partial charge on any atom is 0.340 e. The van der Waals surface area contributed by atoms with E-state index in [-0.39, 0.29) is 6.61 Å². The van der Waals surface area contributed by atoms with Crippen LogP contribution in [0.15, 0.2) is 24.3 Å². The Labute approximate surface area is 154 Å². The first-order valence-electron chi connectivity index (χ1n) is 9.46. The van der Waals surface area contributed by atoms with E-state index in [0.29, 0.717) is 28.6 Å². The first kappa shape index (κ1) is 22.1. The van der Waals surface area contributed by atoms with Gasteiger partial charge in [-0.1, -0.05) is 53.7 Å². The van der Waals surface area contributed by atoms with Crippen molar-refractivity contribution >= 4 is 14.3 Å². The number of aliphatic carboxylic acids is 1. The smallest absolute Gasteiger partial charge is 0.340 e. The van der Waals surface area contributed by atoms with Crippen LogP contribution in [-0.4, -0.2) is 36.7 Å². The third-order valence-electron chi connectivity index (χ3n) is 5.90. The van der Waals surface area contributed by atoms with Crippen molar-refractivity contribution in [3.8, 4) is 0 Å². The summed E-state index contributed by atoms with van der Waals surface area (Å²) in [5.41, 5.74) is -0.104. The number of aliphatic hydroxyl groups is 1. The maximum absolute atomic E-state index is 12.0. The topological polar surface area (TPSA) is 66.8 Å². The number of allylic oxidation sites excluding steroid dienone is 1. The number of carbonyl (C=O) groups is 1. The summed E-state index contributed by atoms with van der Waals surface area (Å²) in [7, 11) is -2.13. The monoisotopic (exact) mass is 368 g/mol. The zero-order valence-corrected chi connectivity index (χ0v) is 17.7. The molecular weight excluding hydrogens is 332 g/mol. The fourth-order valence-electron chi connectivity index (χ4n) is 4.64. The normalized spacial score (nSPS) is 19.2. The highest BCUT2D eigenvalue weighted by Gasteiger charge is 2.50. The summed E-state index contributed by atoms with van der Waals surface area (Å²) >= 11 is 0. The molecule has 25 heavy (non-hydrogen) atoms. The molecule has 0 bridgehead atoms. The van der Waals surface area contributed by atoms with Gasteiger partial charge < -0.3 is 14.6 Å². The highest BCUT2D eigenvalue weighted by molar-refractivity contribution is 6.77. The van der Waals surface area contributed by atoms with E-state index in [1.807, 2.05) is 6.08 Å². The molecule has 0 aromatic carbocycles. The third-order valence-corrected chi connectivity index (χ3v) is 12.0. The molecule has 0 amide bonds. The van der Waals surface area contributed by atoms with Gasteiger partial charge in [0.15, 0.2) is 13.9 Å². The van der Waals surface area contributed by atoms with Gasteiger partial charge in [-0.15, -0.1) is 6.58 Å². The molecule has 0 saturated carbocycles. The zero-order valence-electron chi connectivity index (χ0n) is 16.7. The van der Waals surface area contributed by atoms with Crippen LogP contribution in [0.25, 0.3) is 0 Å². The van der Waals surface area contributed by atoms with E-state index in [4.69, 9.17) is 4.43 Å². The molecule has 0 aromatic rings. The summed E-state index contributed by atoms with van der Waals surface area (Å²) in [5, 5.41) is 20.8. The van der Waals surface area contributed by atoms with Crippen molar-refractivity contribution in [2.75, 3.05) is 6.61 Å². The number of carboxylic acid groups (broad SMARTS) is 1. The van der Waals surface area contributed by atoms with Crippen LogP contribution in [0.3, 0.4) is 0 Å². The predicted molar refractivity (Wildman–Crippen MR) is 105 cm³/mol. The Kier molecular flexibility index (Phi) is 7.66. The van der Waals surface area contributed by atoms with Crippen molar-refractivity contribution in [3.63, 3.8) is 0 Å². The van der Waals surface area contributed by atoms with Gasteiger partial charge in [-0.3, -0.25) is 0 Å². The Morgan fingerprint density at radius 3 is 2.12 bits per heavy atom. The average Bonchev–Trinajstić information content (AvgIpc) is 3.04. The molecule has 0 fully saturated rings. The fraction of sp³-hybridized carbons (Fsp3) is 0.750. The van der Waals surface area contributed by atoms with Crippen molar-refractivity contribution in [2.24, 2.45) is 5.92 Å². The van der Waals surface area contributed by atoms with Crippen LogP contribution < -0.4 is 0 Å². The van der Waals surface area contributed by atoms with Gasteiger partial charge in [0.1, 0.15) is 0 Å². The summed E-state index contributed by atoms with van der Waals surface area (Å²) in [5.74, 6) is -1.86. The standard InChI is InChI=1S/C20H36O4Si/c1-8-17(20(23,19(21)22)18-11-9-10-12-18)13-24-25(14(2)3,15(4)5)16(6)7/h8,11,14-17,23H,1,9-10,12-13H2,2-7H3,(H,21,22)/t17-,20+/m0/s1. The molecule has 0 aliphatic heterocycles. The molecule has 5 heteroatoms. The molecule has 4 nitrogen and oxygen atoms in total. The minimum Gasteiger partial charge on any atom is -0.479 e. The molecular formula is C20H36O4Si. The Bertz CT molecular complexity index is 488. The van der Waals surface area contributed by atoms with Crippen LogP contribution in [0.1, 0.15) is 60.8 Å². The molecule has 0 radical (unpaired) electrons. The Hall–Kier alpha value is -0.913. The maximum atomic E-state index is 12.0. The van der Waals surface area contributed by atoms with Gasteiger partial charge in [0.25, 0.3) is 0 Å². The van der Waals surface area contributed by atoms with Crippen LogP contribution >= 0.6 is 0 Å². The van der Waals surface area contributed by atoms with E-state index in [2.05, 4.69) is 48.1 Å². The van der Waals surface area contributed by atoms with Gasteiger partial charge in [0.05, 0.1) is 0 Å². The van der Waals surface area contributed by atoms with E-state index in [1.54, 1.807) is 6.08 Å². The van der Waals surface area contributed by atoms with Crippen LogP contribution in [0.4, 0.5) is 0 Å². The van der Waals surface area contributed by atoms with E-state index in [1.165, 1.54) is 0 Å². The van der Waals surface area contributed by atoms with E-state index in [9.17, 15) is 15.0 Å². The first-order valence-corrected chi connectivity index (χ1v) is 11.6. The third kappa shape index (κ3) is 4.09. The van der Waals surface area contributed by atoms with Gasteiger partial charge in [0.2, 0.25) is 0 Å². The molecule has 144 valence electrons. The quantitative estimate of drug-likeness (QED) is 0.425. The van der Waals surface area contributed by atoms with Crippen molar-refractivity contribution in [1.29, 1.82) is 0 Å². The Morgan fingerprint density at radius 2 is 1.80 bits per heavy atom. The number of carboxylic acids is 1. The fourth-order valence-corrected chi connectivity index (χ4v) is 10.1. The molecule has 0 unspecified atom stereocenters. The summed E-state index contributed by atoms with van der Waals surface area (Å²) in [6.07, 6.45) is 5.74. The second-order valence-electron chi connectivity index (χ2n) is 8.16. The highest BCUT2D eigenvalue weighted by Crippen LogP contribution is 2.43. The lowest BCUT2D eigenvalue weighted by Gasteiger charge is -2.44. The molecule has 0 heterocycles. The molecule has 1 aliphatic rings. The molecule has 1 aliphatic carbocycles. The lowest BCUT2D eigenvalue weighted by molar-refractivity contribution is -0.159. The lowest BCUT2D eigenvalue weighted by Crippen LogP contribution is -2.53. The van der Waals surface area contributed by atoms with Gasteiger partial charge in [0, 0.05) is 12.5 Å². The van der Waals surface area contributed by atoms with E-state index >= 15 is 0 Å². The minimum absolute atomic E-state index is 0.199. The number of hydrogen-bond acceptors (Lipinski definition) is 3. The molecule has 0 aromatic heterocycles. The van der Waals surface area contributed by atoms with E-state index < -0.39 is 25.8 Å². The van der Waals surface area contributed by atoms with Crippen molar-refractivity contribution in [2.45, 2.75) is 83.0 Å². The second-order valence-corrected chi connectivity index (χ2v) is 13.6. The lowest BCUT2D eigenvalue weighted by atomic mass is 9.81. The highest BCUT2D eigenvalue weighted by atomic mass is 28.4. The van der Waals surface area contributed by atoms with Crippen molar-refractivity contribution in [1.82, 2.24) is 0 Å². The summed E-state index contributed by atoms with van der Waals surface area (Å²) in [4.78, 5) is 12.0. The summed E-state index contributed by atoms with van der Waals surface area (Å²) in [6.45, 7) is 17.2. The van der Waals surface area contributed by atoms with Gasteiger partial charge >= 0.3 is 5.97 Å². The summed E-state index contributed by atoms with van der Waals surface area (Å²) < 4.78 is 6.54. The van der Waals surface area contributed by atoms with Gasteiger partial charge in [-0.05, 0) is 41.5 Å². The predicted octanol–water partition coefficient (Wildman–Crippen LogP) is 4.91. The van der Waals surface area contributed by atoms with Crippen LogP contribution in [0, 0.1) is 5.92 Å². The zero-order chi connectivity index (χ0) is 19.4. The van der Waals surface area contributed by atoms with E-state index in [0.717, 1.165) is 12.8 Å². The Balaban J connectivity index is 3.14. The van der Waals surface area contributed by atoms with Crippen LogP contribution in [0.2, 0.25) is 16.6 Å². The SMILES string of the molecule is C=C[C@@H](CO[Si](C(C)C)(C(C)C)C(C)C)[C@](O)(C(=O)O)C1=CCCC1. The average molecular weight is 369 g/mol. The summed E-state index contributed by atoms with van der Waals surface area (Å²) in [6, 6.07) is 0. The second kappa shape index (κ2) is 8.65. The van der Waals surface area contributed by atoms with Crippen molar-refractivity contribution < 1.29 is 19.4 Å². The van der Waals surface area contributed by atoms with Gasteiger partial charge in [-0.25, -0.2) is 4.79 Å². The number of rotatable bonds is 10. The van der Waals surface area contributed by atoms with Crippen LogP contribution in [-0.2, 0) is 9.22 Å². The van der Waals surface area contributed by atoms with Gasteiger partial charge in [-0.2, -0.15) is 0 Å². The molecule has 2 N–H and O–H groups in total. The first-order chi connectivity index (χ1) is 11.5. The van der Waals surface area contributed by atoms with Crippen molar-refractivity contribution in [3.05, 3.63) is 24.3 Å². The van der Waals surface area contributed by atoms with Crippen LogP contribution in [0.5, 0.6) is 0 Å². The molecule has 0 saturated heterocycles. The minimum atomic E-state index is -2.13. The molecule has 2 atom stereocenters. The molecule has 0 spiro atoms. The number of hydrogen-bond donors (Lipinski definition) is 2. The Morgan fingerprint density at radius 1 is 1.28 bits per heavy atom. The molecule has 1 rings (SSSR count).